The van der Waals surface area contributed by atoms with E-state index in [1.807, 2.05) is 6.92 Å². The molecule has 3 N–H and O–H groups in total. The zero-order chi connectivity index (χ0) is 14.5. The van der Waals surface area contributed by atoms with Gasteiger partial charge in [0.25, 0.3) is 0 Å². The maximum absolute atomic E-state index is 13.8. The fraction of sp³-hybridized carbons (Fsp3) is 0.250. The Morgan fingerprint density at radius 3 is 2.45 bits per heavy atom. The highest BCUT2D eigenvalue weighted by Gasteiger charge is 2.12. The number of hydrogen-bond acceptors (Lipinski definition) is 2. The molecule has 0 bridgehead atoms. The van der Waals surface area contributed by atoms with Crippen molar-refractivity contribution < 1.29 is 4.39 Å². The summed E-state index contributed by atoms with van der Waals surface area (Å²) < 4.78 is 13.8. The number of nitrogens with two attached hydrogens (primary N) is 1. The molecule has 2 aromatic rings. The molecule has 2 rings (SSSR count). The quantitative estimate of drug-likeness (QED) is 0.655. The fourth-order valence-corrected chi connectivity index (χ4v) is 2.31. The first-order chi connectivity index (χ1) is 9.58. The molecular formula is C16H18ClFN2. The van der Waals surface area contributed by atoms with Crippen molar-refractivity contribution in [2.75, 3.05) is 0 Å². The van der Waals surface area contributed by atoms with Crippen LogP contribution in [0.3, 0.4) is 0 Å². The number of hydrazine groups is 1. The summed E-state index contributed by atoms with van der Waals surface area (Å²) >= 11 is 5.75. The van der Waals surface area contributed by atoms with Crippen LogP contribution in [0.15, 0.2) is 42.5 Å². The summed E-state index contributed by atoms with van der Waals surface area (Å²) in [6, 6.07) is 13.0. The first-order valence-electron chi connectivity index (χ1n) is 6.54. The molecule has 0 amide bonds. The van der Waals surface area contributed by atoms with Crippen molar-refractivity contribution in [2.45, 2.75) is 25.8 Å². The Bertz CT molecular complexity index is 569. The number of benzene rings is 2. The number of halogens is 2. The van der Waals surface area contributed by atoms with E-state index >= 15 is 0 Å². The van der Waals surface area contributed by atoms with Gasteiger partial charge in [-0.3, -0.25) is 11.3 Å². The molecule has 0 radical (unpaired) electrons. The van der Waals surface area contributed by atoms with Gasteiger partial charge in [0.1, 0.15) is 5.82 Å². The van der Waals surface area contributed by atoms with E-state index in [1.54, 1.807) is 12.1 Å². The van der Waals surface area contributed by atoms with Gasteiger partial charge in [-0.25, -0.2) is 4.39 Å². The summed E-state index contributed by atoms with van der Waals surface area (Å²) in [4.78, 5) is 0. The second-order valence-electron chi connectivity index (χ2n) is 4.99. The second kappa shape index (κ2) is 6.84. The van der Waals surface area contributed by atoms with Gasteiger partial charge in [0, 0.05) is 11.1 Å². The van der Waals surface area contributed by atoms with Gasteiger partial charge in [-0.2, -0.15) is 0 Å². The molecule has 0 heterocycles. The summed E-state index contributed by atoms with van der Waals surface area (Å²) in [5.74, 6) is 5.29. The molecule has 0 fully saturated rings. The second-order valence-corrected chi connectivity index (χ2v) is 5.43. The molecule has 106 valence electrons. The van der Waals surface area contributed by atoms with Crippen LogP contribution in [0, 0.1) is 12.7 Å². The molecule has 1 atom stereocenters. The van der Waals surface area contributed by atoms with E-state index in [2.05, 4.69) is 29.7 Å². The smallest absolute Gasteiger partial charge is 0.127 e. The number of rotatable bonds is 5. The van der Waals surface area contributed by atoms with Crippen molar-refractivity contribution in [2.24, 2.45) is 5.84 Å². The minimum atomic E-state index is -0.290. The molecule has 2 nitrogen and oxygen atoms in total. The Balaban J connectivity index is 2.07. The van der Waals surface area contributed by atoms with Crippen molar-refractivity contribution in [3.63, 3.8) is 0 Å². The lowest BCUT2D eigenvalue weighted by atomic mass is 9.98. The van der Waals surface area contributed by atoms with E-state index in [9.17, 15) is 4.39 Å². The molecule has 0 spiro atoms. The van der Waals surface area contributed by atoms with Gasteiger partial charge >= 0.3 is 0 Å². The highest BCUT2D eigenvalue weighted by Crippen LogP contribution is 2.17. The fourth-order valence-electron chi connectivity index (χ4n) is 2.15. The Morgan fingerprint density at radius 2 is 1.85 bits per heavy atom. The summed E-state index contributed by atoms with van der Waals surface area (Å²) in [7, 11) is 0. The van der Waals surface area contributed by atoms with E-state index in [0.717, 1.165) is 6.42 Å². The SMILES string of the molecule is Cc1ccc(CC(Cc2ccc(Cl)cc2F)NN)cc1. The van der Waals surface area contributed by atoms with Gasteiger partial charge in [-0.05, 0) is 43.0 Å². The number of nitrogens with one attached hydrogen (secondary N) is 1. The molecule has 0 aromatic heterocycles. The summed E-state index contributed by atoms with van der Waals surface area (Å²) in [6.07, 6.45) is 1.27. The predicted octanol–water partition coefficient (Wildman–Crippen LogP) is 3.40. The van der Waals surface area contributed by atoms with Gasteiger partial charge < -0.3 is 0 Å². The lowest BCUT2D eigenvalue weighted by Crippen LogP contribution is -2.38. The number of hydrogen-bond donors (Lipinski definition) is 2. The van der Waals surface area contributed by atoms with E-state index in [0.29, 0.717) is 17.0 Å². The van der Waals surface area contributed by atoms with Crippen molar-refractivity contribution in [3.8, 4) is 0 Å². The van der Waals surface area contributed by atoms with Gasteiger partial charge in [0.2, 0.25) is 0 Å². The Morgan fingerprint density at radius 1 is 1.15 bits per heavy atom. The highest BCUT2D eigenvalue weighted by atomic mass is 35.5. The standard InChI is InChI=1S/C16H18ClFN2/c1-11-2-4-12(5-3-11)8-15(20-19)9-13-6-7-14(17)10-16(13)18/h2-7,10,15,20H,8-9,19H2,1H3. The van der Waals surface area contributed by atoms with Crippen molar-refractivity contribution in [1.82, 2.24) is 5.43 Å². The largest absolute Gasteiger partial charge is 0.271 e. The lowest BCUT2D eigenvalue weighted by molar-refractivity contribution is 0.506. The van der Waals surface area contributed by atoms with Crippen LogP contribution < -0.4 is 11.3 Å². The average Bonchev–Trinajstić information content (AvgIpc) is 2.43. The summed E-state index contributed by atoms with van der Waals surface area (Å²) in [6.45, 7) is 2.05. The van der Waals surface area contributed by atoms with Crippen LogP contribution in [-0.4, -0.2) is 6.04 Å². The van der Waals surface area contributed by atoms with Crippen molar-refractivity contribution >= 4 is 11.6 Å². The molecule has 0 saturated heterocycles. The normalized spacial score (nSPS) is 12.4. The molecule has 20 heavy (non-hydrogen) atoms. The minimum absolute atomic E-state index is 0.0200. The molecule has 0 aliphatic heterocycles. The molecular weight excluding hydrogens is 275 g/mol. The first kappa shape index (κ1) is 15.0. The van der Waals surface area contributed by atoms with E-state index in [4.69, 9.17) is 17.4 Å². The third-order valence-electron chi connectivity index (χ3n) is 3.32. The van der Waals surface area contributed by atoms with Crippen LogP contribution in [0.25, 0.3) is 0 Å². The third kappa shape index (κ3) is 4.04. The minimum Gasteiger partial charge on any atom is -0.271 e. The zero-order valence-corrected chi connectivity index (χ0v) is 12.1. The van der Waals surface area contributed by atoms with Gasteiger partial charge in [0.15, 0.2) is 0 Å². The Kier molecular flexibility index (Phi) is 5.12. The van der Waals surface area contributed by atoms with Crippen LogP contribution in [-0.2, 0) is 12.8 Å². The van der Waals surface area contributed by atoms with Crippen LogP contribution in [0.1, 0.15) is 16.7 Å². The van der Waals surface area contributed by atoms with Crippen molar-refractivity contribution in [1.29, 1.82) is 0 Å². The van der Waals surface area contributed by atoms with E-state index in [-0.39, 0.29) is 11.9 Å². The van der Waals surface area contributed by atoms with E-state index in [1.165, 1.54) is 17.2 Å². The predicted molar refractivity (Wildman–Crippen MR) is 81.1 cm³/mol. The summed E-state index contributed by atoms with van der Waals surface area (Å²) in [5.41, 5.74) is 5.76. The zero-order valence-electron chi connectivity index (χ0n) is 11.4. The van der Waals surface area contributed by atoms with Crippen LogP contribution in [0.2, 0.25) is 5.02 Å². The molecule has 0 saturated carbocycles. The van der Waals surface area contributed by atoms with Crippen LogP contribution in [0.5, 0.6) is 0 Å². The Hall–Kier alpha value is -1.42. The van der Waals surface area contributed by atoms with Crippen molar-refractivity contribution in [3.05, 3.63) is 70.0 Å². The molecule has 1 unspecified atom stereocenters. The molecule has 0 aliphatic rings. The molecule has 2 aromatic carbocycles. The van der Waals surface area contributed by atoms with E-state index < -0.39 is 0 Å². The van der Waals surface area contributed by atoms with Gasteiger partial charge in [0.05, 0.1) is 0 Å². The number of aryl methyl sites for hydroxylation is 1. The topological polar surface area (TPSA) is 38.0 Å². The summed E-state index contributed by atoms with van der Waals surface area (Å²) in [5, 5.41) is 0.405. The molecule has 0 aliphatic carbocycles. The van der Waals surface area contributed by atoms with Crippen LogP contribution in [0.4, 0.5) is 4.39 Å². The van der Waals surface area contributed by atoms with Gasteiger partial charge in [-0.15, -0.1) is 0 Å². The molecule has 4 heteroatoms. The van der Waals surface area contributed by atoms with Gasteiger partial charge in [-0.1, -0.05) is 47.5 Å². The lowest BCUT2D eigenvalue weighted by Gasteiger charge is -2.16. The monoisotopic (exact) mass is 292 g/mol. The maximum atomic E-state index is 13.8. The third-order valence-corrected chi connectivity index (χ3v) is 3.55. The average molecular weight is 293 g/mol. The highest BCUT2D eigenvalue weighted by molar-refractivity contribution is 6.30. The Labute approximate surface area is 123 Å². The first-order valence-corrected chi connectivity index (χ1v) is 6.92. The van der Waals surface area contributed by atoms with Crippen LogP contribution >= 0.6 is 11.6 Å². The maximum Gasteiger partial charge on any atom is 0.127 e.